The van der Waals surface area contributed by atoms with Crippen molar-refractivity contribution in [2.45, 2.75) is 12.8 Å². The Balaban J connectivity index is 1.70. The van der Waals surface area contributed by atoms with Crippen molar-refractivity contribution in [2.75, 3.05) is 27.4 Å². The summed E-state index contributed by atoms with van der Waals surface area (Å²) >= 11 is 1.54. The Morgan fingerprint density at radius 2 is 2.08 bits per heavy atom. The molecule has 3 aromatic rings. The van der Waals surface area contributed by atoms with Gasteiger partial charge in [-0.05, 0) is 30.7 Å². The van der Waals surface area contributed by atoms with Gasteiger partial charge in [0.15, 0.2) is 4.96 Å². The molecule has 0 aliphatic heterocycles. The summed E-state index contributed by atoms with van der Waals surface area (Å²) in [6.07, 6.45) is 3.13. The molecule has 25 heavy (non-hydrogen) atoms. The zero-order valence-electron chi connectivity index (χ0n) is 14.3. The largest absolute Gasteiger partial charge is 0.497 e. The molecule has 2 aromatic heterocycles. The molecule has 0 aliphatic rings. The molecular weight excluding hydrogens is 338 g/mol. The topological polar surface area (TPSA) is 64.9 Å². The lowest BCUT2D eigenvalue weighted by Crippen LogP contribution is -2.27. The first-order valence-corrected chi connectivity index (χ1v) is 8.94. The Kier molecular flexibility index (Phi) is 5.67. The van der Waals surface area contributed by atoms with Crippen LogP contribution >= 0.6 is 11.3 Å². The van der Waals surface area contributed by atoms with Crippen molar-refractivity contribution in [3.8, 4) is 17.0 Å². The smallest absolute Gasteiger partial charge is 0.225 e. The van der Waals surface area contributed by atoms with Gasteiger partial charge < -0.3 is 14.8 Å². The number of hydrogen-bond donors (Lipinski definition) is 1. The van der Waals surface area contributed by atoms with Gasteiger partial charge in [0.2, 0.25) is 5.91 Å². The van der Waals surface area contributed by atoms with E-state index in [1.165, 1.54) is 11.3 Å². The molecule has 0 spiro atoms. The number of nitrogens with zero attached hydrogens (tertiary/aromatic N) is 2. The number of hydrogen-bond acceptors (Lipinski definition) is 5. The molecule has 0 saturated carbocycles. The van der Waals surface area contributed by atoms with Gasteiger partial charge in [-0.25, -0.2) is 4.98 Å². The normalized spacial score (nSPS) is 11.0. The second-order valence-electron chi connectivity index (χ2n) is 5.61. The van der Waals surface area contributed by atoms with Crippen molar-refractivity contribution in [1.29, 1.82) is 0 Å². The number of rotatable bonds is 8. The second-order valence-corrected chi connectivity index (χ2v) is 6.44. The van der Waals surface area contributed by atoms with Crippen LogP contribution in [0.25, 0.3) is 16.2 Å². The van der Waals surface area contributed by atoms with Crippen molar-refractivity contribution >= 4 is 22.2 Å². The summed E-state index contributed by atoms with van der Waals surface area (Å²) in [4.78, 5) is 17.6. The lowest BCUT2D eigenvalue weighted by atomic mass is 10.2. The Morgan fingerprint density at radius 3 is 2.80 bits per heavy atom. The fraction of sp³-hybridized carbons (Fsp3) is 0.333. The molecule has 0 unspecified atom stereocenters. The van der Waals surface area contributed by atoms with E-state index in [1.807, 2.05) is 40.2 Å². The van der Waals surface area contributed by atoms with Crippen LogP contribution in [-0.4, -0.2) is 42.7 Å². The first-order chi connectivity index (χ1) is 12.2. The molecule has 132 valence electrons. The van der Waals surface area contributed by atoms with Crippen molar-refractivity contribution in [3.05, 3.63) is 41.5 Å². The number of thiazole rings is 1. The van der Waals surface area contributed by atoms with Gasteiger partial charge >= 0.3 is 0 Å². The Labute approximate surface area is 150 Å². The molecule has 0 saturated heterocycles. The Hall–Kier alpha value is -2.38. The zero-order chi connectivity index (χ0) is 17.6. The first kappa shape index (κ1) is 17.4. The predicted octanol–water partition coefficient (Wildman–Crippen LogP) is 2.77. The first-order valence-electron chi connectivity index (χ1n) is 8.07. The summed E-state index contributed by atoms with van der Waals surface area (Å²) in [5.74, 6) is 0.825. The van der Waals surface area contributed by atoms with Crippen LogP contribution in [0, 0.1) is 0 Å². The van der Waals surface area contributed by atoms with Gasteiger partial charge in [0.05, 0.1) is 19.2 Å². The van der Waals surface area contributed by atoms with Gasteiger partial charge in [-0.2, -0.15) is 0 Å². The molecule has 0 radical (unpaired) electrons. The molecule has 3 rings (SSSR count). The average molecular weight is 359 g/mol. The summed E-state index contributed by atoms with van der Waals surface area (Å²) in [6.45, 7) is 1.27. The monoisotopic (exact) mass is 359 g/mol. The maximum Gasteiger partial charge on any atom is 0.225 e. The predicted molar refractivity (Wildman–Crippen MR) is 98.3 cm³/mol. The fourth-order valence-corrected chi connectivity index (χ4v) is 3.40. The van der Waals surface area contributed by atoms with E-state index in [1.54, 1.807) is 14.2 Å². The van der Waals surface area contributed by atoms with E-state index in [0.717, 1.165) is 34.1 Å². The van der Waals surface area contributed by atoms with Gasteiger partial charge in [0, 0.05) is 43.1 Å². The highest BCUT2D eigenvalue weighted by atomic mass is 32.1. The molecular formula is C18H21N3O3S. The standard InChI is InChI=1S/C18H21N3O3S/c1-23-9-3-8-19-17(22)10-14-12-25-18-20-16(11-21(14)18)13-4-6-15(24-2)7-5-13/h4-7,11-12H,3,8-10H2,1-2H3,(H,19,22). The van der Waals surface area contributed by atoms with Crippen LogP contribution in [0.4, 0.5) is 0 Å². The van der Waals surface area contributed by atoms with Gasteiger partial charge in [-0.3, -0.25) is 9.20 Å². The number of imidazole rings is 1. The van der Waals surface area contributed by atoms with Crippen molar-refractivity contribution in [2.24, 2.45) is 0 Å². The number of nitrogens with one attached hydrogen (secondary N) is 1. The van der Waals surface area contributed by atoms with E-state index in [-0.39, 0.29) is 5.91 Å². The average Bonchev–Trinajstić information content (AvgIpc) is 3.21. The maximum atomic E-state index is 12.1. The molecule has 1 N–H and O–H groups in total. The number of carbonyl (C=O) groups is 1. The van der Waals surface area contributed by atoms with E-state index in [2.05, 4.69) is 10.3 Å². The van der Waals surface area contributed by atoms with E-state index in [0.29, 0.717) is 19.6 Å². The molecule has 0 bridgehead atoms. The summed E-state index contributed by atoms with van der Waals surface area (Å²) in [5, 5.41) is 4.89. The quantitative estimate of drug-likeness (QED) is 0.628. The van der Waals surface area contributed by atoms with Crippen LogP contribution in [0.3, 0.4) is 0 Å². The molecule has 0 aliphatic carbocycles. The lowest BCUT2D eigenvalue weighted by Gasteiger charge is -2.04. The number of benzene rings is 1. The Morgan fingerprint density at radius 1 is 1.28 bits per heavy atom. The van der Waals surface area contributed by atoms with Crippen LogP contribution in [0.15, 0.2) is 35.8 Å². The minimum Gasteiger partial charge on any atom is -0.497 e. The van der Waals surface area contributed by atoms with Gasteiger partial charge in [0.1, 0.15) is 5.75 Å². The lowest BCUT2D eigenvalue weighted by molar-refractivity contribution is -0.120. The molecule has 6 nitrogen and oxygen atoms in total. The number of aromatic nitrogens is 2. The van der Waals surface area contributed by atoms with E-state index < -0.39 is 0 Å². The minimum atomic E-state index is 0.00972. The highest BCUT2D eigenvalue weighted by Crippen LogP contribution is 2.25. The van der Waals surface area contributed by atoms with E-state index in [4.69, 9.17) is 9.47 Å². The van der Waals surface area contributed by atoms with Crippen LogP contribution in [0.5, 0.6) is 5.75 Å². The number of amides is 1. The minimum absolute atomic E-state index is 0.00972. The SMILES string of the molecule is COCCCNC(=O)Cc1csc2nc(-c3ccc(OC)cc3)cn12. The summed E-state index contributed by atoms with van der Waals surface area (Å²) in [5.41, 5.74) is 2.85. The molecule has 1 amide bonds. The summed E-state index contributed by atoms with van der Waals surface area (Å²) in [6, 6.07) is 7.79. The second kappa shape index (κ2) is 8.13. The maximum absolute atomic E-state index is 12.1. The molecule has 1 aromatic carbocycles. The Bertz CT molecular complexity index is 839. The highest BCUT2D eigenvalue weighted by Gasteiger charge is 2.12. The molecule has 2 heterocycles. The summed E-state index contributed by atoms with van der Waals surface area (Å²) in [7, 11) is 3.30. The number of ether oxygens (including phenoxy) is 2. The van der Waals surface area contributed by atoms with Crippen molar-refractivity contribution in [3.63, 3.8) is 0 Å². The number of carbonyl (C=O) groups excluding carboxylic acids is 1. The molecule has 0 atom stereocenters. The number of fused-ring (bicyclic) bond motifs is 1. The van der Waals surface area contributed by atoms with Crippen LogP contribution in [0.2, 0.25) is 0 Å². The van der Waals surface area contributed by atoms with Crippen LogP contribution < -0.4 is 10.1 Å². The van der Waals surface area contributed by atoms with Crippen molar-refractivity contribution < 1.29 is 14.3 Å². The van der Waals surface area contributed by atoms with Crippen molar-refractivity contribution in [1.82, 2.24) is 14.7 Å². The third-order valence-corrected chi connectivity index (χ3v) is 4.75. The molecule has 7 heteroatoms. The van der Waals surface area contributed by atoms with Gasteiger partial charge in [-0.1, -0.05) is 0 Å². The fourth-order valence-electron chi connectivity index (χ4n) is 2.53. The third kappa shape index (κ3) is 4.18. The van der Waals surface area contributed by atoms with Crippen LogP contribution in [-0.2, 0) is 16.0 Å². The zero-order valence-corrected chi connectivity index (χ0v) is 15.1. The highest BCUT2D eigenvalue weighted by molar-refractivity contribution is 7.15. The number of methoxy groups -OCH3 is 2. The van der Waals surface area contributed by atoms with Gasteiger partial charge in [0.25, 0.3) is 0 Å². The van der Waals surface area contributed by atoms with Gasteiger partial charge in [-0.15, -0.1) is 11.3 Å². The summed E-state index contributed by atoms with van der Waals surface area (Å²) < 4.78 is 12.1. The van der Waals surface area contributed by atoms with E-state index in [9.17, 15) is 4.79 Å². The third-order valence-electron chi connectivity index (χ3n) is 3.86. The van der Waals surface area contributed by atoms with E-state index >= 15 is 0 Å². The molecule has 0 fully saturated rings. The van der Waals surface area contributed by atoms with Crippen LogP contribution in [0.1, 0.15) is 12.1 Å².